The number of aryl methyl sites for hydroxylation is 5. The summed E-state index contributed by atoms with van der Waals surface area (Å²) in [5.74, 6) is 0.346. The largest absolute Gasteiger partial charge is 0.456 e. The highest BCUT2D eigenvalue weighted by molar-refractivity contribution is 7.20. The van der Waals surface area contributed by atoms with Crippen molar-refractivity contribution in [1.82, 2.24) is 0 Å². The highest BCUT2D eigenvalue weighted by Crippen LogP contribution is 2.53. The number of nitrogens with zero attached hydrogens (tertiary/aromatic N) is 2. The van der Waals surface area contributed by atoms with Crippen molar-refractivity contribution in [1.29, 1.82) is 0 Å². The molecule has 4 nitrogen and oxygen atoms in total. The standard InChI is InChI=1S/C112H94N2O2Si2/c1-71(2)103-69-105(113(85-43-61-97-95-15-11-13-17-107(95)115-109(97)67-85)83-39-31-79(32-40-83)81-35-57-93(58-36-81)117(87-45-19-73(5)20-46-87,88-47-21-74(6)22-48-88)89-49-23-75(7)24-50-89)101-66-64-100-104(72(3)4)70-106(102-65-63-99(103)111(101)112(100)102)114(86-44-62-98-96-16-12-14-18-108(96)116-110(98)68-86)84-41-33-80(34-42-84)82-37-59-94(60-38-82)118(90-51-25-76(8)26-52-90,91-53-27-77(9)28-54-91)92-55-29-78(10)30-56-92/h11-29,31-55,57-72H,30,56H2,1-10H3. The Kier molecular flexibility index (Phi) is 18.5. The lowest BCUT2D eigenvalue weighted by Gasteiger charge is -2.37. The van der Waals surface area contributed by atoms with Crippen LogP contribution in [0.3, 0.4) is 0 Å². The number of fused-ring (bicyclic) bond motifs is 6. The molecule has 0 N–H and O–H groups in total. The highest BCUT2D eigenvalue weighted by Gasteiger charge is 2.44. The van der Waals surface area contributed by atoms with E-state index in [0.29, 0.717) is 0 Å². The third kappa shape index (κ3) is 12.5. The average molecular weight is 1560 g/mol. The molecule has 19 aromatic rings. The van der Waals surface area contributed by atoms with E-state index in [-0.39, 0.29) is 11.8 Å². The number of hydrogen-bond donors (Lipinski definition) is 0. The van der Waals surface area contributed by atoms with E-state index in [9.17, 15) is 0 Å². The van der Waals surface area contributed by atoms with Gasteiger partial charge >= 0.3 is 0 Å². The lowest BCUT2D eigenvalue weighted by Crippen LogP contribution is -2.74. The number of para-hydroxylation sites is 2. The van der Waals surface area contributed by atoms with E-state index in [1.54, 1.807) is 5.20 Å². The summed E-state index contributed by atoms with van der Waals surface area (Å²) in [5.41, 5.74) is 24.8. The molecular weight excluding hydrogens is 1460 g/mol. The van der Waals surface area contributed by atoms with Gasteiger partial charge in [0.1, 0.15) is 22.3 Å². The fourth-order valence-corrected chi connectivity index (χ4v) is 29.1. The molecule has 0 spiro atoms. The van der Waals surface area contributed by atoms with Gasteiger partial charge < -0.3 is 18.6 Å². The Morgan fingerprint density at radius 3 is 0.873 bits per heavy atom. The van der Waals surface area contributed by atoms with Crippen LogP contribution in [0.15, 0.2) is 371 Å². The third-order valence-corrected chi connectivity index (χ3v) is 35.5. The van der Waals surface area contributed by atoms with Crippen molar-refractivity contribution < 1.29 is 8.83 Å². The summed E-state index contributed by atoms with van der Waals surface area (Å²) in [6.07, 6.45) is 6.96. The monoisotopic (exact) mass is 1550 g/mol. The molecule has 0 fully saturated rings. The van der Waals surface area contributed by atoms with E-state index in [4.69, 9.17) is 8.83 Å². The van der Waals surface area contributed by atoms with Crippen molar-refractivity contribution in [2.24, 2.45) is 0 Å². The summed E-state index contributed by atoms with van der Waals surface area (Å²) in [6, 6.07) is 130. The predicted octanol–water partition coefficient (Wildman–Crippen LogP) is 26.5. The van der Waals surface area contributed by atoms with Crippen LogP contribution in [0.1, 0.15) is 98.2 Å². The number of hydrogen-bond acceptors (Lipinski definition) is 4. The molecule has 118 heavy (non-hydrogen) atoms. The van der Waals surface area contributed by atoms with E-state index < -0.39 is 16.1 Å². The van der Waals surface area contributed by atoms with E-state index in [1.165, 1.54) is 119 Å². The van der Waals surface area contributed by atoms with Crippen molar-refractivity contribution in [3.05, 3.63) is 402 Å². The lowest BCUT2D eigenvalue weighted by molar-refractivity contribution is 0.668. The zero-order chi connectivity index (χ0) is 80.2. The zero-order valence-corrected chi connectivity index (χ0v) is 70.8. The SMILES string of the molecule is CC1=CC=C([Si](c2ccc(C)cc2)(c2ccc(C)cc2)c2ccc(-c3ccc(N(c4ccc5c(c4)oc4ccccc45)c4cc(C(C)C)c5ccc6c(N(c7ccc(-c8ccc([Si](c9ccc(C)cc9)(c9ccc(C)cc9)c9ccc(C)cc9)cc8)cc7)c7ccc8c(c7)oc7ccccc78)cc(C(C)C)c7ccc4c5c76)cc3)cc2)CC1. The van der Waals surface area contributed by atoms with Crippen LogP contribution in [0.2, 0.25) is 0 Å². The van der Waals surface area contributed by atoms with Crippen LogP contribution in [0.5, 0.6) is 0 Å². The first-order chi connectivity index (χ1) is 57.5. The molecule has 17 aromatic carbocycles. The van der Waals surface area contributed by atoms with Gasteiger partial charge in [0.15, 0.2) is 16.1 Å². The van der Waals surface area contributed by atoms with Gasteiger partial charge in [-0.3, -0.25) is 0 Å². The molecule has 0 saturated heterocycles. The minimum absolute atomic E-state index is 0.172. The number of benzene rings is 17. The number of furan rings is 2. The van der Waals surface area contributed by atoms with Gasteiger partial charge in [0.25, 0.3) is 0 Å². The fourth-order valence-electron chi connectivity index (χ4n) is 19.5. The number of allylic oxidation sites excluding steroid dienone is 4. The molecule has 0 unspecified atom stereocenters. The van der Waals surface area contributed by atoms with Crippen LogP contribution in [0.4, 0.5) is 34.1 Å². The minimum atomic E-state index is -2.81. The van der Waals surface area contributed by atoms with Crippen LogP contribution in [-0.2, 0) is 0 Å². The quantitative estimate of drug-likeness (QED) is 0.0487. The summed E-state index contributed by atoms with van der Waals surface area (Å²) >= 11 is 0. The second kappa shape index (κ2) is 29.6. The summed E-state index contributed by atoms with van der Waals surface area (Å²) < 4.78 is 13.6. The second-order valence-electron chi connectivity index (χ2n) is 33.9. The van der Waals surface area contributed by atoms with E-state index in [1.807, 2.05) is 0 Å². The van der Waals surface area contributed by atoms with Crippen LogP contribution < -0.4 is 46.1 Å². The van der Waals surface area contributed by atoms with Crippen LogP contribution in [0, 0.1) is 34.6 Å². The topological polar surface area (TPSA) is 32.8 Å². The van der Waals surface area contributed by atoms with E-state index >= 15 is 0 Å². The van der Waals surface area contributed by atoms with Crippen LogP contribution >= 0.6 is 0 Å². The molecule has 0 amide bonds. The Morgan fingerprint density at radius 2 is 0.542 bits per heavy atom. The maximum absolute atomic E-state index is 6.82. The second-order valence-corrected chi connectivity index (χ2v) is 41.5. The van der Waals surface area contributed by atoms with Crippen LogP contribution in [-0.4, -0.2) is 16.1 Å². The number of rotatable bonds is 18. The first kappa shape index (κ1) is 73.8. The number of anilines is 6. The Bertz CT molecular complexity index is 6950. The molecule has 2 aromatic heterocycles. The van der Waals surface area contributed by atoms with Gasteiger partial charge in [-0.25, -0.2) is 0 Å². The first-order valence-corrected chi connectivity index (χ1v) is 45.9. The van der Waals surface area contributed by atoms with Crippen molar-refractivity contribution in [3.63, 3.8) is 0 Å². The van der Waals surface area contributed by atoms with Crippen molar-refractivity contribution in [3.8, 4) is 22.3 Å². The van der Waals surface area contributed by atoms with Gasteiger partial charge in [0.05, 0.1) is 11.4 Å². The predicted molar refractivity (Wildman–Crippen MR) is 509 cm³/mol. The van der Waals surface area contributed by atoms with Gasteiger partial charge in [0.2, 0.25) is 0 Å². The zero-order valence-electron chi connectivity index (χ0n) is 68.8. The molecule has 0 aliphatic heterocycles. The van der Waals surface area contributed by atoms with Gasteiger partial charge in [0, 0.05) is 67.2 Å². The third-order valence-electron chi connectivity index (χ3n) is 25.7. The fraction of sp³-hybridized carbons (Fsp3) is 0.125. The van der Waals surface area contributed by atoms with E-state index in [0.717, 1.165) is 108 Å². The molecule has 20 rings (SSSR count). The average Bonchev–Trinajstić information content (AvgIpc) is 0.710. The van der Waals surface area contributed by atoms with Crippen molar-refractivity contribution in [2.75, 3.05) is 9.80 Å². The molecular formula is C112H94N2O2Si2. The Balaban J connectivity index is 0.743. The van der Waals surface area contributed by atoms with Gasteiger partial charge in [-0.2, -0.15) is 0 Å². The molecule has 1 aliphatic rings. The van der Waals surface area contributed by atoms with Gasteiger partial charge in [-0.15, -0.1) is 0 Å². The molecule has 0 saturated carbocycles. The normalized spacial score (nSPS) is 12.8. The van der Waals surface area contributed by atoms with Crippen molar-refractivity contribution >= 4 is 163 Å². The first-order valence-electron chi connectivity index (χ1n) is 41.9. The maximum atomic E-state index is 6.82. The Hall–Kier alpha value is -13.1. The molecule has 0 bridgehead atoms. The smallest absolute Gasteiger partial charge is 0.179 e. The molecule has 0 radical (unpaired) electrons. The summed E-state index contributed by atoms with van der Waals surface area (Å²) in [6.45, 7) is 22.7. The summed E-state index contributed by atoms with van der Waals surface area (Å²) in [5, 5.41) is 23.0. The molecule has 0 atom stereocenters. The molecule has 2 heterocycles. The molecule has 6 heteroatoms. The van der Waals surface area contributed by atoms with E-state index in [2.05, 4.69) is 431 Å². The highest BCUT2D eigenvalue weighted by atomic mass is 28.3. The van der Waals surface area contributed by atoms with Gasteiger partial charge in [-0.1, -0.05) is 333 Å². The van der Waals surface area contributed by atoms with Crippen LogP contribution in [0.25, 0.3) is 98.4 Å². The summed E-state index contributed by atoms with van der Waals surface area (Å²) in [7, 11) is -5.53. The molecule has 1 aliphatic carbocycles. The van der Waals surface area contributed by atoms with Gasteiger partial charge in [-0.05, 0) is 230 Å². The Morgan fingerprint density at radius 1 is 0.254 bits per heavy atom. The Labute approximate surface area is 694 Å². The molecule has 572 valence electrons. The minimum Gasteiger partial charge on any atom is -0.456 e. The maximum Gasteiger partial charge on any atom is 0.179 e. The lowest BCUT2D eigenvalue weighted by atomic mass is 9.84. The summed E-state index contributed by atoms with van der Waals surface area (Å²) in [4.78, 5) is 4.99. The van der Waals surface area contributed by atoms with Crippen molar-refractivity contribution in [2.45, 2.75) is 93.9 Å².